The van der Waals surface area contributed by atoms with E-state index in [4.69, 9.17) is 11.2 Å². The van der Waals surface area contributed by atoms with Crippen LogP contribution in [0.4, 0.5) is 10.5 Å². The molecule has 138 valence electrons. The van der Waals surface area contributed by atoms with E-state index in [2.05, 4.69) is 5.92 Å². The van der Waals surface area contributed by atoms with Gasteiger partial charge in [-0.1, -0.05) is 0 Å². The minimum atomic E-state index is -1.31. The molecule has 1 aliphatic heterocycles. The van der Waals surface area contributed by atoms with E-state index in [-0.39, 0.29) is 24.2 Å². The Kier molecular flexibility index (Phi) is 5.05. The van der Waals surface area contributed by atoms with Gasteiger partial charge in [-0.25, -0.2) is 4.79 Å². The van der Waals surface area contributed by atoms with Crippen LogP contribution in [0, 0.1) is 22.5 Å². The topological polar surface area (TPSA) is 110 Å². The van der Waals surface area contributed by atoms with Gasteiger partial charge in [-0.3, -0.25) is 14.6 Å². The molecule has 0 aliphatic carbocycles. The molecule has 8 heteroatoms. The van der Waals surface area contributed by atoms with Crippen molar-refractivity contribution in [3.05, 3.63) is 39.9 Å². The lowest BCUT2D eigenvalue weighted by Gasteiger charge is -2.47. The highest BCUT2D eigenvalue weighted by Crippen LogP contribution is 2.37. The number of non-ortho nitro benzene ring substituents is 1. The number of benzene rings is 1. The molecule has 0 saturated carbocycles. The van der Waals surface area contributed by atoms with Crippen LogP contribution in [0.15, 0.2) is 24.3 Å². The first-order valence-corrected chi connectivity index (χ1v) is 8.04. The Bertz CT molecular complexity index is 774. The Morgan fingerprint density at radius 2 is 1.88 bits per heavy atom. The fraction of sp³-hybridized carbons (Fsp3) is 0.444. The van der Waals surface area contributed by atoms with Crippen LogP contribution >= 0.6 is 0 Å². The van der Waals surface area contributed by atoms with Crippen LogP contribution in [-0.2, 0) is 4.74 Å². The predicted molar refractivity (Wildman–Crippen MR) is 89.8 cm³/mol. The second-order valence-electron chi connectivity index (χ2n) is 7.24. The third-order valence-electron chi connectivity index (χ3n) is 4.81. The number of terminal acetylenes is 1. The molecule has 0 aromatic heterocycles. The zero-order valence-electron chi connectivity index (χ0n) is 14.8. The number of nitro benzene ring substituents is 1. The summed E-state index contributed by atoms with van der Waals surface area (Å²) in [5.74, 6) is 1.80. The van der Waals surface area contributed by atoms with Crippen LogP contribution in [0.5, 0.6) is 0 Å². The number of hydrogen-bond donors (Lipinski definition) is 0. The van der Waals surface area contributed by atoms with Gasteiger partial charge in [-0.2, -0.15) is 0 Å². The van der Waals surface area contributed by atoms with E-state index in [1.54, 1.807) is 20.8 Å². The van der Waals surface area contributed by atoms with Crippen LogP contribution in [0.25, 0.3) is 0 Å². The monoisotopic (exact) mass is 360 g/mol. The molecule has 0 N–H and O–H groups in total. The molecular weight excluding hydrogens is 340 g/mol. The van der Waals surface area contributed by atoms with Gasteiger partial charge in [0.2, 0.25) is 0 Å². The van der Waals surface area contributed by atoms with E-state index < -0.39 is 39.2 Å². The van der Waals surface area contributed by atoms with Gasteiger partial charge >= 0.3 is 5.97 Å². The van der Waals surface area contributed by atoms with Crippen molar-refractivity contribution in [1.82, 2.24) is 0 Å². The summed E-state index contributed by atoms with van der Waals surface area (Å²) in [7, 11) is 0. The van der Waals surface area contributed by atoms with E-state index >= 15 is 0 Å². The molecule has 8 nitrogen and oxygen atoms in total. The maximum absolute atomic E-state index is 12.3. The molecule has 1 amide bonds. The summed E-state index contributed by atoms with van der Waals surface area (Å²) in [5, 5.41) is 22.6. The van der Waals surface area contributed by atoms with E-state index in [1.165, 1.54) is 24.3 Å². The number of amides is 1. The Hall–Kier alpha value is -2.92. The van der Waals surface area contributed by atoms with Crippen molar-refractivity contribution in [1.29, 1.82) is 0 Å². The zero-order chi connectivity index (χ0) is 19.7. The van der Waals surface area contributed by atoms with Gasteiger partial charge in [0.25, 0.3) is 11.8 Å². The average molecular weight is 360 g/mol. The Morgan fingerprint density at radius 3 is 2.27 bits per heavy atom. The number of carboxylic acid groups (broad SMARTS) is 1. The van der Waals surface area contributed by atoms with Crippen molar-refractivity contribution < 1.29 is 28.8 Å². The Morgan fingerprint density at radius 1 is 1.31 bits per heavy atom. The summed E-state index contributed by atoms with van der Waals surface area (Å²) in [6, 6.07) is 4.30. The minimum absolute atomic E-state index is 0.000574. The number of rotatable bonds is 3. The van der Waals surface area contributed by atoms with Gasteiger partial charge in [0.05, 0.1) is 22.4 Å². The minimum Gasteiger partial charge on any atom is -0.498 e. The molecule has 3 atom stereocenters. The third kappa shape index (κ3) is 3.26. The van der Waals surface area contributed by atoms with E-state index in [1.807, 2.05) is 0 Å². The molecule has 1 heterocycles. The maximum atomic E-state index is 12.3. The van der Waals surface area contributed by atoms with Crippen molar-refractivity contribution >= 4 is 17.7 Å². The fourth-order valence-corrected chi connectivity index (χ4v) is 3.39. The normalized spacial score (nSPS) is 25.3. The second-order valence-corrected chi connectivity index (χ2v) is 7.24. The summed E-state index contributed by atoms with van der Waals surface area (Å²) in [4.78, 5) is 34.3. The average Bonchev–Trinajstić information content (AvgIpc) is 2.94. The van der Waals surface area contributed by atoms with Crippen LogP contribution < -0.4 is 5.11 Å². The lowest BCUT2D eigenvalue weighted by atomic mass is 10.00. The van der Waals surface area contributed by atoms with Gasteiger partial charge in [0.1, 0.15) is 6.54 Å². The number of esters is 1. The van der Waals surface area contributed by atoms with Crippen molar-refractivity contribution in [2.75, 3.05) is 6.54 Å². The predicted octanol–water partition coefficient (Wildman–Crippen LogP) is 1.48. The number of ether oxygens (including phenoxy) is 1. The number of likely N-dealkylation sites (tertiary alicyclic amines) is 1. The molecule has 26 heavy (non-hydrogen) atoms. The molecule has 1 unspecified atom stereocenters. The first kappa shape index (κ1) is 19.4. The highest BCUT2D eigenvalue weighted by molar-refractivity contribution is 5.89. The molecule has 1 aromatic carbocycles. The van der Waals surface area contributed by atoms with E-state index in [0.29, 0.717) is 0 Å². The molecule has 0 spiro atoms. The van der Waals surface area contributed by atoms with Gasteiger partial charge in [0.15, 0.2) is 12.1 Å². The molecule has 1 aromatic rings. The molecule has 2 rings (SSSR count). The molecule has 1 aliphatic rings. The van der Waals surface area contributed by atoms with Crippen LogP contribution in [-0.4, -0.2) is 45.7 Å². The number of nitrogens with zero attached hydrogens (tertiary/aromatic N) is 2. The lowest BCUT2D eigenvalue weighted by molar-refractivity contribution is -0.924. The number of carbonyl (C=O) groups is 2. The lowest BCUT2D eigenvalue weighted by Crippen LogP contribution is -2.69. The summed E-state index contributed by atoms with van der Waals surface area (Å²) in [6.07, 6.45) is 3.72. The molecule has 1 fully saturated rings. The summed E-state index contributed by atoms with van der Waals surface area (Å²) in [6.45, 7) is 5.23. The molecule has 0 radical (unpaired) electrons. The first-order chi connectivity index (χ1) is 12.0. The molecular formula is C18H20N2O6. The Labute approximate surface area is 151 Å². The Balaban J connectivity index is 2.21. The highest BCUT2D eigenvalue weighted by Gasteiger charge is 2.56. The number of hydrogen-bond acceptors (Lipinski definition) is 6. The molecule has 0 bridgehead atoms. The van der Waals surface area contributed by atoms with Crippen LogP contribution in [0.2, 0.25) is 0 Å². The summed E-state index contributed by atoms with van der Waals surface area (Å²) < 4.78 is 4.92. The first-order valence-electron chi connectivity index (χ1n) is 8.04. The van der Waals surface area contributed by atoms with Crippen molar-refractivity contribution in [2.45, 2.75) is 44.9 Å². The zero-order valence-corrected chi connectivity index (χ0v) is 14.8. The molecule has 1 saturated heterocycles. The third-order valence-corrected chi connectivity index (χ3v) is 4.81. The summed E-state index contributed by atoms with van der Waals surface area (Å²) >= 11 is 0. The second kappa shape index (κ2) is 6.77. The summed E-state index contributed by atoms with van der Waals surface area (Å²) in [5.41, 5.74) is -0.748. The van der Waals surface area contributed by atoms with E-state index in [0.717, 1.165) is 0 Å². The number of nitro groups is 1. The smallest absolute Gasteiger partial charge is 0.338 e. The van der Waals surface area contributed by atoms with Crippen molar-refractivity contribution in [3.63, 3.8) is 0 Å². The van der Waals surface area contributed by atoms with Gasteiger partial charge in [-0.05, 0) is 38.8 Å². The fourth-order valence-electron chi connectivity index (χ4n) is 3.39. The van der Waals surface area contributed by atoms with Gasteiger partial charge in [-0.15, -0.1) is 6.42 Å². The maximum Gasteiger partial charge on any atom is 0.338 e. The largest absolute Gasteiger partial charge is 0.498 e. The van der Waals surface area contributed by atoms with Crippen LogP contribution in [0.3, 0.4) is 0 Å². The number of carbonyl (C=O) groups excluding carboxylic acids is 2. The van der Waals surface area contributed by atoms with Crippen LogP contribution in [0.1, 0.15) is 37.6 Å². The van der Waals surface area contributed by atoms with Gasteiger partial charge in [0, 0.05) is 12.1 Å². The standard InChI is InChI=1S/C18H20N2O6/c1-5-14-10-15(11-20(14,17(22)23)18(2,3)4)26-16(21)12-6-8-13(9-7-12)19(24)25/h1,6-9,14-15H,10-11H2,2-4H3/t14-,15-,20?/m0/s1. The quantitative estimate of drug-likeness (QED) is 0.265. The number of quaternary nitrogens is 1. The SMILES string of the molecule is C#C[C@H]1C[C@H](OC(=O)c2ccc([N+](=O)[O-])cc2)C[N+]1(C(=O)[O-])C(C)(C)C. The van der Waals surface area contributed by atoms with Gasteiger partial charge < -0.3 is 14.6 Å². The highest BCUT2D eigenvalue weighted by atomic mass is 16.6. The van der Waals surface area contributed by atoms with E-state index in [9.17, 15) is 24.8 Å². The van der Waals surface area contributed by atoms with Crippen molar-refractivity contribution in [3.8, 4) is 12.3 Å². The van der Waals surface area contributed by atoms with Crippen molar-refractivity contribution in [2.24, 2.45) is 0 Å².